The van der Waals surface area contributed by atoms with Crippen molar-refractivity contribution in [2.45, 2.75) is 59.0 Å². The number of halogens is 1. The Bertz CT molecular complexity index is 664. The van der Waals surface area contributed by atoms with Gasteiger partial charge < -0.3 is 25.4 Å². The standard InChI is InChI=1S/C24H40N4O3.HI/c1-4-19(3)28-23(29)22-9-7-20(8-10-22)17-27-24(25-5-2)26-13-6-14-31-18-21-11-15-30-16-12-21;/h7-10,19,21H,4-6,11-18H2,1-3H3,(H,28,29)(H2,25,26,27);1H. The summed E-state index contributed by atoms with van der Waals surface area (Å²) in [5.74, 6) is 1.41. The molecule has 7 nitrogen and oxygen atoms in total. The fourth-order valence-electron chi connectivity index (χ4n) is 3.23. The molecule has 1 aliphatic heterocycles. The molecule has 2 rings (SSSR count). The number of ether oxygens (including phenoxy) is 2. The molecule has 182 valence electrons. The van der Waals surface area contributed by atoms with Gasteiger partial charge in [0.2, 0.25) is 0 Å². The molecule has 8 heteroatoms. The maximum Gasteiger partial charge on any atom is 0.251 e. The number of guanidine groups is 1. The smallest absolute Gasteiger partial charge is 0.251 e. The number of rotatable bonds is 12. The van der Waals surface area contributed by atoms with Crippen LogP contribution in [0.3, 0.4) is 0 Å². The van der Waals surface area contributed by atoms with Crippen molar-refractivity contribution >= 4 is 35.8 Å². The average molecular weight is 561 g/mol. The lowest BCUT2D eigenvalue weighted by molar-refractivity contribution is 0.0203. The largest absolute Gasteiger partial charge is 0.381 e. The molecule has 1 aliphatic rings. The lowest BCUT2D eigenvalue weighted by atomic mass is 10.0. The fourth-order valence-corrected chi connectivity index (χ4v) is 3.23. The highest BCUT2D eigenvalue weighted by atomic mass is 127. The molecule has 0 bridgehead atoms. The van der Waals surface area contributed by atoms with Crippen LogP contribution in [-0.4, -0.2) is 57.4 Å². The Balaban J connectivity index is 0.00000512. The molecule has 1 fully saturated rings. The number of nitrogens with one attached hydrogen (secondary N) is 3. The third-order valence-corrected chi connectivity index (χ3v) is 5.42. The molecule has 0 spiro atoms. The van der Waals surface area contributed by atoms with E-state index in [0.29, 0.717) is 18.0 Å². The highest BCUT2D eigenvalue weighted by Gasteiger charge is 2.13. The molecule has 1 unspecified atom stereocenters. The van der Waals surface area contributed by atoms with Crippen molar-refractivity contribution in [3.63, 3.8) is 0 Å². The summed E-state index contributed by atoms with van der Waals surface area (Å²) in [7, 11) is 0. The maximum absolute atomic E-state index is 12.2. The maximum atomic E-state index is 12.2. The quantitative estimate of drug-likeness (QED) is 0.157. The number of carbonyl (C=O) groups is 1. The van der Waals surface area contributed by atoms with E-state index >= 15 is 0 Å². The van der Waals surface area contributed by atoms with E-state index in [1.807, 2.05) is 31.2 Å². The van der Waals surface area contributed by atoms with Crippen LogP contribution >= 0.6 is 24.0 Å². The molecular formula is C24H41IN4O3. The molecule has 1 aromatic rings. The number of hydrogen-bond acceptors (Lipinski definition) is 4. The van der Waals surface area contributed by atoms with Crippen molar-refractivity contribution in [2.24, 2.45) is 10.9 Å². The van der Waals surface area contributed by atoms with Crippen molar-refractivity contribution in [3.8, 4) is 0 Å². The summed E-state index contributed by atoms with van der Waals surface area (Å²) >= 11 is 0. The summed E-state index contributed by atoms with van der Waals surface area (Å²) in [5.41, 5.74) is 1.75. The zero-order valence-electron chi connectivity index (χ0n) is 19.8. The Hall–Kier alpha value is -1.39. The molecule has 0 aromatic heterocycles. The van der Waals surface area contributed by atoms with Crippen LogP contribution in [0.2, 0.25) is 0 Å². The highest BCUT2D eigenvalue weighted by Crippen LogP contribution is 2.14. The van der Waals surface area contributed by atoms with Crippen LogP contribution in [0, 0.1) is 5.92 Å². The Kier molecular flexibility index (Phi) is 15.3. The molecule has 3 N–H and O–H groups in total. The SMILES string of the molecule is CCNC(=NCc1ccc(C(=O)NC(C)CC)cc1)NCCCOCC1CCOCC1.I. The van der Waals surface area contributed by atoms with E-state index in [0.717, 1.165) is 76.7 Å². The Labute approximate surface area is 210 Å². The minimum atomic E-state index is -0.0292. The van der Waals surface area contributed by atoms with Crippen LogP contribution in [0.25, 0.3) is 0 Å². The number of hydrogen-bond donors (Lipinski definition) is 3. The molecule has 0 aliphatic carbocycles. The Morgan fingerprint density at radius 3 is 2.56 bits per heavy atom. The normalized spacial score (nSPS) is 15.5. The molecule has 1 heterocycles. The van der Waals surface area contributed by atoms with Gasteiger partial charge in [-0.1, -0.05) is 19.1 Å². The number of aliphatic imine (C=N–C) groups is 1. The number of nitrogens with zero attached hydrogens (tertiary/aromatic N) is 1. The lowest BCUT2D eigenvalue weighted by Crippen LogP contribution is -2.38. The van der Waals surface area contributed by atoms with Crippen molar-refractivity contribution in [1.82, 2.24) is 16.0 Å². The first kappa shape index (κ1) is 28.6. The highest BCUT2D eigenvalue weighted by molar-refractivity contribution is 14.0. The van der Waals surface area contributed by atoms with E-state index in [9.17, 15) is 4.79 Å². The Morgan fingerprint density at radius 2 is 1.91 bits per heavy atom. The van der Waals surface area contributed by atoms with Crippen molar-refractivity contribution in [1.29, 1.82) is 0 Å². The lowest BCUT2D eigenvalue weighted by Gasteiger charge is -2.21. The summed E-state index contributed by atoms with van der Waals surface area (Å²) in [5, 5.41) is 9.62. The minimum Gasteiger partial charge on any atom is -0.381 e. The predicted octanol–water partition coefficient (Wildman–Crippen LogP) is 3.72. The van der Waals surface area contributed by atoms with Crippen LogP contribution in [0.1, 0.15) is 62.4 Å². The molecule has 1 aromatic carbocycles. The molecule has 1 saturated heterocycles. The summed E-state index contributed by atoms with van der Waals surface area (Å²) in [6.45, 7) is 11.6. The minimum absolute atomic E-state index is 0. The van der Waals surface area contributed by atoms with Crippen molar-refractivity contribution in [2.75, 3.05) is 39.5 Å². The van der Waals surface area contributed by atoms with Gasteiger partial charge in [-0.3, -0.25) is 4.79 Å². The van der Waals surface area contributed by atoms with Gasteiger partial charge in [-0.25, -0.2) is 4.99 Å². The van der Waals surface area contributed by atoms with E-state index in [4.69, 9.17) is 9.47 Å². The third kappa shape index (κ3) is 11.5. The molecular weight excluding hydrogens is 519 g/mol. The molecule has 0 radical (unpaired) electrons. The van der Waals surface area contributed by atoms with Gasteiger partial charge in [-0.2, -0.15) is 0 Å². The van der Waals surface area contributed by atoms with Crippen LogP contribution in [0.15, 0.2) is 29.3 Å². The first-order valence-corrected chi connectivity index (χ1v) is 11.7. The first-order chi connectivity index (χ1) is 15.1. The van der Waals surface area contributed by atoms with Crippen LogP contribution in [0.5, 0.6) is 0 Å². The van der Waals surface area contributed by atoms with Crippen LogP contribution < -0.4 is 16.0 Å². The second-order valence-corrected chi connectivity index (χ2v) is 8.09. The second kappa shape index (κ2) is 17.1. The van der Waals surface area contributed by atoms with Gasteiger partial charge in [-0.05, 0) is 63.1 Å². The van der Waals surface area contributed by atoms with Gasteiger partial charge >= 0.3 is 0 Å². The van der Waals surface area contributed by atoms with Crippen molar-refractivity contribution < 1.29 is 14.3 Å². The molecule has 1 amide bonds. The van der Waals surface area contributed by atoms with Gasteiger partial charge in [0, 0.05) is 51.1 Å². The molecule has 1 atom stereocenters. The third-order valence-electron chi connectivity index (χ3n) is 5.42. The van der Waals surface area contributed by atoms with E-state index in [-0.39, 0.29) is 35.9 Å². The first-order valence-electron chi connectivity index (χ1n) is 11.7. The topological polar surface area (TPSA) is 84.0 Å². The van der Waals surface area contributed by atoms with Crippen LogP contribution in [-0.2, 0) is 16.0 Å². The van der Waals surface area contributed by atoms with Gasteiger partial charge in [0.15, 0.2) is 5.96 Å². The summed E-state index contributed by atoms with van der Waals surface area (Å²) in [6.07, 6.45) is 4.08. The average Bonchev–Trinajstić information content (AvgIpc) is 2.80. The molecule has 0 saturated carbocycles. The summed E-state index contributed by atoms with van der Waals surface area (Å²) < 4.78 is 11.2. The number of carbonyl (C=O) groups excluding carboxylic acids is 1. The summed E-state index contributed by atoms with van der Waals surface area (Å²) in [6, 6.07) is 7.82. The van der Waals surface area contributed by atoms with Gasteiger partial charge in [0.1, 0.15) is 0 Å². The second-order valence-electron chi connectivity index (χ2n) is 8.09. The zero-order valence-corrected chi connectivity index (χ0v) is 22.2. The van der Waals surface area contributed by atoms with Crippen molar-refractivity contribution in [3.05, 3.63) is 35.4 Å². The van der Waals surface area contributed by atoms with E-state index in [1.54, 1.807) is 0 Å². The van der Waals surface area contributed by atoms with E-state index in [2.05, 4.69) is 34.8 Å². The summed E-state index contributed by atoms with van der Waals surface area (Å²) in [4.78, 5) is 16.8. The fraction of sp³-hybridized carbons (Fsp3) is 0.667. The predicted molar refractivity (Wildman–Crippen MR) is 141 cm³/mol. The molecule has 32 heavy (non-hydrogen) atoms. The number of amides is 1. The van der Waals surface area contributed by atoms with Gasteiger partial charge in [-0.15, -0.1) is 24.0 Å². The van der Waals surface area contributed by atoms with E-state index < -0.39 is 0 Å². The zero-order chi connectivity index (χ0) is 22.3. The van der Waals surface area contributed by atoms with Crippen LogP contribution in [0.4, 0.5) is 0 Å². The van der Waals surface area contributed by atoms with E-state index in [1.165, 1.54) is 0 Å². The Morgan fingerprint density at radius 1 is 1.19 bits per heavy atom. The number of benzene rings is 1. The monoisotopic (exact) mass is 560 g/mol. The van der Waals surface area contributed by atoms with Gasteiger partial charge in [0.25, 0.3) is 5.91 Å². The van der Waals surface area contributed by atoms with Gasteiger partial charge in [0.05, 0.1) is 6.54 Å².